The molecule has 1 atom stereocenters. The second kappa shape index (κ2) is 2.65. The molecule has 0 fully saturated rings. The zero-order valence-electron chi connectivity index (χ0n) is 5.74. The van der Waals surface area contributed by atoms with E-state index in [1.54, 1.807) is 20.8 Å². The first-order valence-corrected chi connectivity index (χ1v) is 3.12. The summed E-state index contributed by atoms with van der Waals surface area (Å²) in [6.07, 6.45) is 0. The quantitative estimate of drug-likeness (QED) is 0.526. The molecule has 0 saturated carbocycles. The van der Waals surface area contributed by atoms with Crippen molar-refractivity contribution >= 4 is 17.4 Å². The maximum atomic E-state index is 12.0. The number of Topliss-reactive ketones (excluding diaryl/α,β-unsaturated/α-hetero) is 1. The number of ketones is 1. The van der Waals surface area contributed by atoms with Gasteiger partial charge in [-0.15, -0.1) is 0 Å². The Morgan fingerprint density at radius 3 is 1.89 bits per heavy atom. The Bertz CT molecular complexity index is 115. The molecule has 1 unspecified atom stereocenters. The van der Waals surface area contributed by atoms with Crippen molar-refractivity contribution in [1.82, 2.24) is 0 Å². The van der Waals surface area contributed by atoms with Crippen LogP contribution in [0.5, 0.6) is 0 Å². The molecule has 0 saturated heterocycles. The average Bonchev–Trinajstić information content (AvgIpc) is 1.62. The van der Waals surface area contributed by atoms with Crippen LogP contribution in [0.4, 0.5) is 4.39 Å². The van der Waals surface area contributed by atoms with Gasteiger partial charge in [0.2, 0.25) is 5.63 Å². The van der Waals surface area contributed by atoms with Gasteiger partial charge in [-0.2, -0.15) is 0 Å². The van der Waals surface area contributed by atoms with Crippen LogP contribution < -0.4 is 0 Å². The van der Waals surface area contributed by atoms with Crippen molar-refractivity contribution in [2.45, 2.75) is 26.4 Å². The summed E-state index contributed by atoms with van der Waals surface area (Å²) in [6, 6.07) is 0. The van der Waals surface area contributed by atoms with E-state index in [1.807, 2.05) is 0 Å². The molecule has 54 valence electrons. The fraction of sp³-hybridized carbons (Fsp3) is 0.833. The summed E-state index contributed by atoms with van der Waals surface area (Å²) in [5.74, 6) is -0.566. The predicted molar refractivity (Wildman–Crippen MR) is 35.2 cm³/mol. The molecule has 0 aliphatic heterocycles. The molecule has 0 amide bonds. The largest absolute Gasteiger partial charge is 0.294 e. The molecule has 0 bridgehead atoms. The molecule has 0 aromatic rings. The minimum Gasteiger partial charge on any atom is -0.294 e. The van der Waals surface area contributed by atoms with Crippen LogP contribution in [0.25, 0.3) is 0 Å². The lowest BCUT2D eigenvalue weighted by Gasteiger charge is -2.15. The highest BCUT2D eigenvalue weighted by Gasteiger charge is 2.27. The van der Waals surface area contributed by atoms with E-state index < -0.39 is 16.8 Å². The van der Waals surface area contributed by atoms with E-state index >= 15 is 0 Å². The molecule has 0 heterocycles. The zero-order chi connectivity index (χ0) is 7.65. The van der Waals surface area contributed by atoms with E-state index in [0.717, 1.165) is 0 Å². The summed E-state index contributed by atoms with van der Waals surface area (Å²) >= 11 is 4.90. The summed E-state index contributed by atoms with van der Waals surface area (Å²) in [4.78, 5) is 10.7. The SMILES string of the molecule is CC(C)(C)C(=O)C(F)Cl. The van der Waals surface area contributed by atoms with Crippen LogP contribution >= 0.6 is 11.6 Å². The number of carbonyl (C=O) groups is 1. The zero-order valence-corrected chi connectivity index (χ0v) is 6.50. The van der Waals surface area contributed by atoms with Gasteiger partial charge in [-0.25, -0.2) is 4.39 Å². The molecule has 0 aliphatic carbocycles. The lowest BCUT2D eigenvalue weighted by atomic mass is 9.92. The maximum Gasteiger partial charge on any atom is 0.231 e. The third-order valence-electron chi connectivity index (χ3n) is 0.937. The molecule has 9 heavy (non-hydrogen) atoms. The van der Waals surface area contributed by atoms with Gasteiger partial charge in [0.15, 0.2) is 5.78 Å². The van der Waals surface area contributed by atoms with Crippen molar-refractivity contribution in [2.75, 3.05) is 0 Å². The first-order valence-electron chi connectivity index (χ1n) is 2.68. The smallest absolute Gasteiger partial charge is 0.231 e. The van der Waals surface area contributed by atoms with Crippen LogP contribution in [-0.2, 0) is 4.79 Å². The van der Waals surface area contributed by atoms with Gasteiger partial charge in [0.1, 0.15) is 0 Å². The number of hydrogen-bond acceptors (Lipinski definition) is 1. The number of carbonyl (C=O) groups excluding carboxylic acids is 1. The number of rotatable bonds is 1. The van der Waals surface area contributed by atoms with E-state index in [4.69, 9.17) is 11.6 Å². The van der Waals surface area contributed by atoms with E-state index in [9.17, 15) is 9.18 Å². The highest BCUT2D eigenvalue weighted by Crippen LogP contribution is 2.19. The van der Waals surface area contributed by atoms with Crippen LogP contribution in [0.1, 0.15) is 20.8 Å². The Morgan fingerprint density at radius 2 is 1.89 bits per heavy atom. The van der Waals surface area contributed by atoms with Crippen LogP contribution in [0, 0.1) is 5.41 Å². The standard InChI is InChI=1S/C6H10ClFO/c1-6(2,3)4(9)5(7)8/h5H,1-3H3. The minimum atomic E-state index is -1.86. The van der Waals surface area contributed by atoms with E-state index in [1.165, 1.54) is 0 Å². The van der Waals surface area contributed by atoms with Crippen molar-refractivity contribution in [2.24, 2.45) is 5.41 Å². The predicted octanol–water partition coefficient (Wildman–Crippen LogP) is 2.14. The first kappa shape index (κ1) is 8.89. The summed E-state index contributed by atoms with van der Waals surface area (Å²) < 4.78 is 12.0. The summed E-state index contributed by atoms with van der Waals surface area (Å²) in [7, 11) is 0. The number of halogens is 2. The Labute approximate surface area is 59.2 Å². The molecular weight excluding hydrogens is 143 g/mol. The van der Waals surface area contributed by atoms with Gasteiger partial charge in [0.25, 0.3) is 0 Å². The second-order valence-electron chi connectivity index (χ2n) is 2.91. The molecule has 0 N–H and O–H groups in total. The second-order valence-corrected chi connectivity index (χ2v) is 3.30. The van der Waals surface area contributed by atoms with Gasteiger partial charge >= 0.3 is 0 Å². The lowest BCUT2D eigenvalue weighted by Crippen LogP contribution is -2.26. The summed E-state index contributed by atoms with van der Waals surface area (Å²) in [5, 5.41) is 0. The molecule has 0 aliphatic rings. The molecule has 0 aromatic heterocycles. The Kier molecular flexibility index (Phi) is 2.62. The van der Waals surface area contributed by atoms with E-state index in [0.29, 0.717) is 0 Å². The van der Waals surface area contributed by atoms with Crippen molar-refractivity contribution < 1.29 is 9.18 Å². The Morgan fingerprint density at radius 1 is 1.56 bits per heavy atom. The summed E-state index contributed by atoms with van der Waals surface area (Å²) in [6.45, 7) is 4.89. The third kappa shape index (κ3) is 2.80. The fourth-order valence-corrected chi connectivity index (χ4v) is 0.655. The van der Waals surface area contributed by atoms with Gasteiger partial charge in [0.05, 0.1) is 0 Å². The molecule has 0 spiro atoms. The van der Waals surface area contributed by atoms with Crippen LogP contribution in [-0.4, -0.2) is 11.4 Å². The van der Waals surface area contributed by atoms with Gasteiger partial charge in [-0.05, 0) is 0 Å². The van der Waals surface area contributed by atoms with Crippen LogP contribution in [0.3, 0.4) is 0 Å². The maximum absolute atomic E-state index is 12.0. The van der Waals surface area contributed by atoms with E-state index in [2.05, 4.69) is 0 Å². The van der Waals surface area contributed by atoms with Crippen LogP contribution in [0.2, 0.25) is 0 Å². The Balaban J connectivity index is 4.06. The minimum absolute atomic E-state index is 0.566. The normalized spacial score (nSPS) is 15.2. The van der Waals surface area contributed by atoms with Crippen molar-refractivity contribution in [3.63, 3.8) is 0 Å². The van der Waals surface area contributed by atoms with Crippen LogP contribution in [0.15, 0.2) is 0 Å². The fourth-order valence-electron chi connectivity index (χ4n) is 0.327. The molecule has 0 rings (SSSR count). The van der Waals surface area contributed by atoms with Crippen molar-refractivity contribution in [1.29, 1.82) is 0 Å². The van der Waals surface area contributed by atoms with Crippen molar-refractivity contribution in [3.05, 3.63) is 0 Å². The molecular formula is C6H10ClFO. The number of alkyl halides is 2. The van der Waals surface area contributed by atoms with E-state index in [-0.39, 0.29) is 0 Å². The number of hydrogen-bond donors (Lipinski definition) is 0. The van der Waals surface area contributed by atoms with Gasteiger partial charge in [0, 0.05) is 5.41 Å². The van der Waals surface area contributed by atoms with Crippen molar-refractivity contribution in [3.8, 4) is 0 Å². The highest BCUT2D eigenvalue weighted by molar-refractivity contribution is 6.30. The molecule has 1 nitrogen and oxygen atoms in total. The average molecular weight is 153 g/mol. The molecule has 3 heteroatoms. The monoisotopic (exact) mass is 152 g/mol. The van der Waals surface area contributed by atoms with Gasteiger partial charge in [-0.3, -0.25) is 4.79 Å². The lowest BCUT2D eigenvalue weighted by molar-refractivity contribution is -0.128. The third-order valence-corrected chi connectivity index (χ3v) is 1.14. The molecule has 0 aromatic carbocycles. The van der Waals surface area contributed by atoms with Gasteiger partial charge < -0.3 is 0 Å². The topological polar surface area (TPSA) is 17.1 Å². The summed E-state index contributed by atoms with van der Waals surface area (Å²) in [5.41, 5.74) is -2.52. The van der Waals surface area contributed by atoms with Gasteiger partial charge in [-0.1, -0.05) is 32.4 Å². The molecule has 0 radical (unpaired) electrons. The Hall–Kier alpha value is -0.110. The highest BCUT2D eigenvalue weighted by atomic mass is 35.5. The first-order chi connectivity index (χ1) is 3.85.